The Morgan fingerprint density at radius 3 is 2.47 bits per heavy atom. The molecule has 0 amide bonds. The number of hydrogen-bond acceptors (Lipinski definition) is 4. The van der Waals surface area contributed by atoms with E-state index in [1.54, 1.807) is 13.2 Å². The molecule has 17 heavy (non-hydrogen) atoms. The van der Waals surface area contributed by atoms with Crippen LogP contribution in [0.2, 0.25) is 0 Å². The number of nitrogens with one attached hydrogen (secondary N) is 1. The van der Waals surface area contributed by atoms with Gasteiger partial charge < -0.3 is 14.8 Å². The first-order valence-corrected chi connectivity index (χ1v) is 5.29. The summed E-state index contributed by atoms with van der Waals surface area (Å²) in [6.45, 7) is 0. The van der Waals surface area contributed by atoms with E-state index in [1.165, 1.54) is 0 Å². The monoisotopic (exact) mass is 230 g/mol. The van der Waals surface area contributed by atoms with Gasteiger partial charge in [-0.05, 0) is 18.2 Å². The van der Waals surface area contributed by atoms with Crippen molar-refractivity contribution in [1.82, 2.24) is 4.98 Å². The smallest absolute Gasteiger partial charge is 0.221 e. The zero-order valence-corrected chi connectivity index (χ0v) is 9.81. The summed E-state index contributed by atoms with van der Waals surface area (Å²) in [5.74, 6) is 2.62. The Bertz CT molecular complexity index is 500. The number of rotatable bonds is 4. The molecule has 0 spiro atoms. The maximum Gasteiger partial charge on any atom is 0.221 e. The topological polar surface area (TPSA) is 43.4 Å². The average Bonchev–Trinajstić information content (AvgIpc) is 2.39. The predicted octanol–water partition coefficient (Wildman–Crippen LogP) is 2.92. The lowest BCUT2D eigenvalue weighted by Gasteiger charge is -2.09. The Kier molecular flexibility index (Phi) is 3.45. The second-order valence-electron chi connectivity index (χ2n) is 3.36. The van der Waals surface area contributed by atoms with E-state index in [0.29, 0.717) is 17.4 Å². The summed E-state index contributed by atoms with van der Waals surface area (Å²) in [6.07, 6.45) is 0. The summed E-state index contributed by atoms with van der Waals surface area (Å²) < 4.78 is 10.9. The summed E-state index contributed by atoms with van der Waals surface area (Å²) in [4.78, 5) is 4.27. The largest absolute Gasteiger partial charge is 0.493 e. The van der Waals surface area contributed by atoms with E-state index in [-0.39, 0.29) is 0 Å². The third-order valence-electron chi connectivity index (χ3n) is 2.26. The summed E-state index contributed by atoms with van der Waals surface area (Å²) in [6, 6.07) is 13.0. The first-order chi connectivity index (χ1) is 8.33. The molecular weight excluding hydrogens is 216 g/mol. The molecule has 0 aliphatic heterocycles. The number of hydrogen-bond donors (Lipinski definition) is 1. The quantitative estimate of drug-likeness (QED) is 0.877. The molecule has 1 heterocycles. The van der Waals surface area contributed by atoms with Crippen LogP contribution in [0.1, 0.15) is 0 Å². The molecule has 0 radical (unpaired) electrons. The molecule has 2 rings (SSSR count). The minimum atomic E-state index is 0.529. The van der Waals surface area contributed by atoms with E-state index >= 15 is 0 Å². The van der Waals surface area contributed by atoms with Gasteiger partial charge >= 0.3 is 0 Å². The maximum absolute atomic E-state index is 5.67. The van der Waals surface area contributed by atoms with Gasteiger partial charge in [0.15, 0.2) is 11.5 Å². The average molecular weight is 230 g/mol. The van der Waals surface area contributed by atoms with E-state index in [4.69, 9.17) is 9.47 Å². The molecule has 0 aliphatic carbocycles. The minimum Gasteiger partial charge on any atom is -0.493 e. The van der Waals surface area contributed by atoms with Crippen molar-refractivity contribution in [3.63, 3.8) is 0 Å². The molecule has 0 saturated carbocycles. The number of aromatic nitrogens is 1. The highest BCUT2D eigenvalue weighted by Crippen LogP contribution is 2.30. The fourth-order valence-corrected chi connectivity index (χ4v) is 1.43. The lowest BCUT2D eigenvalue weighted by atomic mass is 10.3. The Hall–Kier alpha value is -2.23. The fraction of sp³-hybridized carbons (Fsp3) is 0.154. The van der Waals surface area contributed by atoms with E-state index in [9.17, 15) is 0 Å². The van der Waals surface area contributed by atoms with Gasteiger partial charge in [-0.25, -0.2) is 0 Å². The number of nitrogens with zero attached hydrogens (tertiary/aromatic N) is 1. The van der Waals surface area contributed by atoms with Gasteiger partial charge in [-0.3, -0.25) is 0 Å². The van der Waals surface area contributed by atoms with Gasteiger partial charge in [-0.1, -0.05) is 18.2 Å². The summed E-state index contributed by atoms with van der Waals surface area (Å²) in [5.41, 5.74) is 0. The van der Waals surface area contributed by atoms with Gasteiger partial charge in [-0.15, -0.1) is 0 Å². The van der Waals surface area contributed by atoms with Gasteiger partial charge in [0.25, 0.3) is 0 Å². The van der Waals surface area contributed by atoms with Crippen molar-refractivity contribution < 1.29 is 9.47 Å². The third-order valence-corrected chi connectivity index (χ3v) is 2.26. The van der Waals surface area contributed by atoms with Crippen LogP contribution in [-0.2, 0) is 0 Å². The number of para-hydroxylation sites is 2. The molecule has 1 N–H and O–H groups in total. The lowest BCUT2D eigenvalue weighted by Crippen LogP contribution is -1.95. The van der Waals surface area contributed by atoms with E-state index < -0.39 is 0 Å². The number of ether oxygens (including phenoxy) is 2. The Balaban J connectivity index is 2.24. The Morgan fingerprint density at radius 2 is 1.76 bits per heavy atom. The first kappa shape index (κ1) is 11.3. The first-order valence-electron chi connectivity index (χ1n) is 5.29. The highest BCUT2D eigenvalue weighted by Gasteiger charge is 2.05. The van der Waals surface area contributed by atoms with Crippen LogP contribution in [-0.4, -0.2) is 19.1 Å². The van der Waals surface area contributed by atoms with Gasteiger partial charge in [-0.2, -0.15) is 4.98 Å². The van der Waals surface area contributed by atoms with E-state index in [0.717, 1.165) is 5.82 Å². The Labute approximate surface area is 100 Å². The number of pyridine rings is 1. The predicted molar refractivity (Wildman–Crippen MR) is 66.9 cm³/mol. The van der Waals surface area contributed by atoms with Crippen LogP contribution in [0.25, 0.3) is 0 Å². The van der Waals surface area contributed by atoms with Gasteiger partial charge in [0, 0.05) is 13.1 Å². The van der Waals surface area contributed by atoms with Crippen molar-refractivity contribution in [3.05, 3.63) is 42.5 Å². The lowest BCUT2D eigenvalue weighted by molar-refractivity contribution is 0.374. The molecule has 4 heteroatoms. The van der Waals surface area contributed by atoms with Crippen molar-refractivity contribution in [2.75, 3.05) is 19.5 Å². The minimum absolute atomic E-state index is 0.529. The van der Waals surface area contributed by atoms with Crippen LogP contribution in [0.4, 0.5) is 5.82 Å². The zero-order valence-electron chi connectivity index (χ0n) is 9.81. The fourth-order valence-electron chi connectivity index (χ4n) is 1.43. The zero-order chi connectivity index (χ0) is 12.1. The molecule has 4 nitrogen and oxygen atoms in total. The van der Waals surface area contributed by atoms with Gasteiger partial charge in [0.2, 0.25) is 5.88 Å². The van der Waals surface area contributed by atoms with Crippen molar-refractivity contribution in [3.8, 4) is 17.4 Å². The molecule has 1 aromatic heterocycles. The van der Waals surface area contributed by atoms with Crippen LogP contribution in [0, 0.1) is 0 Å². The van der Waals surface area contributed by atoms with Crippen LogP contribution in [0.3, 0.4) is 0 Å². The van der Waals surface area contributed by atoms with Crippen molar-refractivity contribution in [1.29, 1.82) is 0 Å². The summed E-state index contributed by atoms with van der Waals surface area (Å²) in [7, 11) is 3.43. The number of benzene rings is 1. The molecule has 2 aromatic rings. The van der Waals surface area contributed by atoms with Crippen LogP contribution in [0.15, 0.2) is 42.5 Å². The standard InChI is InChI=1S/C13H14N2O2/c1-14-12-8-5-9-13(15-12)17-11-7-4-3-6-10(11)16-2/h3-9H,1-2H3,(H,14,15). The molecule has 0 atom stereocenters. The molecule has 0 saturated heterocycles. The molecule has 1 aromatic carbocycles. The SMILES string of the molecule is CNc1cccc(Oc2ccccc2OC)n1. The summed E-state index contributed by atoms with van der Waals surface area (Å²) in [5, 5.41) is 2.96. The molecule has 0 fully saturated rings. The van der Waals surface area contributed by atoms with E-state index in [1.807, 2.05) is 43.4 Å². The van der Waals surface area contributed by atoms with Crippen LogP contribution < -0.4 is 14.8 Å². The normalized spacial score (nSPS) is 9.76. The van der Waals surface area contributed by atoms with Crippen LogP contribution >= 0.6 is 0 Å². The molecular formula is C13H14N2O2. The maximum atomic E-state index is 5.67. The molecule has 88 valence electrons. The Morgan fingerprint density at radius 1 is 1.00 bits per heavy atom. The van der Waals surface area contributed by atoms with E-state index in [2.05, 4.69) is 10.3 Å². The summed E-state index contributed by atoms with van der Waals surface area (Å²) >= 11 is 0. The molecule has 0 unspecified atom stereocenters. The second-order valence-corrected chi connectivity index (χ2v) is 3.36. The van der Waals surface area contributed by atoms with Crippen molar-refractivity contribution >= 4 is 5.82 Å². The molecule has 0 bridgehead atoms. The van der Waals surface area contributed by atoms with Crippen molar-refractivity contribution in [2.24, 2.45) is 0 Å². The van der Waals surface area contributed by atoms with Gasteiger partial charge in [0.05, 0.1) is 7.11 Å². The highest BCUT2D eigenvalue weighted by atomic mass is 16.5. The van der Waals surface area contributed by atoms with Gasteiger partial charge in [0.1, 0.15) is 5.82 Å². The second kappa shape index (κ2) is 5.21. The van der Waals surface area contributed by atoms with Crippen molar-refractivity contribution in [2.45, 2.75) is 0 Å². The third kappa shape index (κ3) is 2.66. The number of methoxy groups -OCH3 is 1. The highest BCUT2D eigenvalue weighted by molar-refractivity contribution is 5.43. The molecule has 0 aliphatic rings. The van der Waals surface area contributed by atoms with Crippen LogP contribution in [0.5, 0.6) is 17.4 Å². The number of anilines is 1.